The summed E-state index contributed by atoms with van der Waals surface area (Å²) in [6, 6.07) is -0.331. The third-order valence-electron chi connectivity index (χ3n) is 5.85. The second-order valence-corrected chi connectivity index (χ2v) is 10.0. The molecule has 4 heterocycles. The standard InChI is InChI=1S/C19H24N4O6S2.Na/c1-8-13-12(9(2)24)16(25)23(13)14(17(26)27)15(8)31-11-5-22(6-11)18-21-10(7-30-18)4-20-19(28)29-3;/h7-9,11-13,24H,4-6H2,1-3H3,(H,20,28)(H,26,27);/q;+1/p-1/t8-,9-,12-,13-;/m1./s1. The number of aromatic nitrogens is 1. The minimum Gasteiger partial charge on any atom is -0.543 e. The van der Waals surface area contributed by atoms with Crippen molar-refractivity contribution in [1.82, 2.24) is 15.2 Å². The SMILES string of the molecule is COC(=O)NCc1csc(N2CC(SC3=C(C(=O)[O-])N4C(=O)[C@H]([C@@H](C)O)[C@H]4[C@H]3C)C2)n1.[Na+]. The summed E-state index contributed by atoms with van der Waals surface area (Å²) in [5, 5.41) is 27.2. The molecule has 32 heavy (non-hydrogen) atoms. The molecule has 2 N–H and O–H groups in total. The summed E-state index contributed by atoms with van der Waals surface area (Å²) in [5.74, 6) is -2.45. The number of carboxylic acid groups (broad SMARTS) is 1. The Bertz CT molecular complexity index is 948. The second-order valence-electron chi connectivity index (χ2n) is 7.87. The van der Waals surface area contributed by atoms with E-state index in [1.54, 1.807) is 6.92 Å². The van der Waals surface area contributed by atoms with Gasteiger partial charge in [0, 0.05) is 34.5 Å². The Balaban J connectivity index is 0.00000289. The van der Waals surface area contributed by atoms with Gasteiger partial charge in [-0.2, -0.15) is 0 Å². The molecule has 1 aromatic heterocycles. The molecule has 1 aromatic rings. The second kappa shape index (κ2) is 9.90. The zero-order valence-electron chi connectivity index (χ0n) is 18.2. The van der Waals surface area contributed by atoms with E-state index in [1.807, 2.05) is 12.3 Å². The molecule has 0 unspecified atom stereocenters. The van der Waals surface area contributed by atoms with E-state index in [4.69, 9.17) is 0 Å². The number of thiazole rings is 1. The Labute approximate surface area is 215 Å². The van der Waals surface area contributed by atoms with Gasteiger partial charge >= 0.3 is 35.7 Å². The van der Waals surface area contributed by atoms with Crippen molar-refractivity contribution in [2.24, 2.45) is 11.8 Å². The Hall–Kier alpha value is -1.31. The summed E-state index contributed by atoms with van der Waals surface area (Å²) in [7, 11) is 1.30. The van der Waals surface area contributed by atoms with Crippen LogP contribution in [-0.2, 0) is 20.9 Å². The van der Waals surface area contributed by atoms with Gasteiger partial charge in [-0.25, -0.2) is 9.78 Å². The minimum atomic E-state index is -1.35. The Kier molecular flexibility index (Phi) is 7.83. The quantitative estimate of drug-likeness (QED) is 0.298. The number of methoxy groups -OCH3 is 1. The molecule has 10 nitrogen and oxygen atoms in total. The number of ether oxygens (including phenoxy) is 1. The van der Waals surface area contributed by atoms with Gasteiger partial charge in [-0.15, -0.1) is 23.1 Å². The normalized spacial score (nSPS) is 25.5. The predicted molar refractivity (Wildman–Crippen MR) is 112 cm³/mol. The molecule has 168 valence electrons. The third kappa shape index (κ3) is 4.40. The Morgan fingerprint density at radius 3 is 2.75 bits per heavy atom. The summed E-state index contributed by atoms with van der Waals surface area (Å²) in [6.07, 6.45) is -1.34. The van der Waals surface area contributed by atoms with Gasteiger partial charge in [-0.1, -0.05) is 6.92 Å². The number of thioether (sulfide) groups is 1. The van der Waals surface area contributed by atoms with Crippen molar-refractivity contribution >= 4 is 46.2 Å². The number of alkyl carbamates (subject to hydrolysis) is 1. The van der Waals surface area contributed by atoms with Crippen molar-refractivity contribution in [3.63, 3.8) is 0 Å². The van der Waals surface area contributed by atoms with Crippen molar-refractivity contribution in [2.75, 3.05) is 25.1 Å². The van der Waals surface area contributed by atoms with Crippen molar-refractivity contribution in [3.05, 3.63) is 21.7 Å². The maximum absolute atomic E-state index is 12.4. The molecule has 0 saturated carbocycles. The Morgan fingerprint density at radius 1 is 1.47 bits per heavy atom. The smallest absolute Gasteiger partial charge is 0.543 e. The van der Waals surface area contributed by atoms with Gasteiger partial charge < -0.3 is 34.9 Å². The first-order valence-electron chi connectivity index (χ1n) is 9.87. The number of amides is 2. The van der Waals surface area contributed by atoms with Gasteiger partial charge in [0.05, 0.1) is 49.1 Å². The number of aliphatic hydroxyl groups is 1. The number of hydrogen-bond acceptors (Lipinski definition) is 10. The maximum Gasteiger partial charge on any atom is 1.00 e. The van der Waals surface area contributed by atoms with E-state index >= 15 is 0 Å². The van der Waals surface area contributed by atoms with Crippen LogP contribution in [0.1, 0.15) is 19.5 Å². The Morgan fingerprint density at radius 2 is 2.16 bits per heavy atom. The number of anilines is 1. The maximum atomic E-state index is 12.4. The monoisotopic (exact) mass is 490 g/mol. The molecule has 4 rings (SSSR count). The van der Waals surface area contributed by atoms with E-state index in [1.165, 1.54) is 35.1 Å². The predicted octanol–water partition coefficient (Wildman–Crippen LogP) is -3.26. The van der Waals surface area contributed by atoms with Gasteiger partial charge in [0.25, 0.3) is 0 Å². The van der Waals surface area contributed by atoms with Crippen molar-refractivity contribution < 1.29 is 58.9 Å². The number of carbonyl (C=O) groups excluding carboxylic acids is 3. The molecule has 3 aliphatic heterocycles. The fraction of sp³-hybridized carbons (Fsp3) is 0.579. The zero-order chi connectivity index (χ0) is 22.4. The van der Waals surface area contributed by atoms with Gasteiger partial charge in [-0.05, 0) is 6.92 Å². The minimum absolute atomic E-state index is 0. The van der Waals surface area contributed by atoms with Crippen LogP contribution in [0.4, 0.5) is 9.93 Å². The van der Waals surface area contributed by atoms with Crippen LogP contribution in [0.15, 0.2) is 16.0 Å². The van der Waals surface area contributed by atoms with Crippen LogP contribution in [0.5, 0.6) is 0 Å². The number of aliphatic hydroxyl groups excluding tert-OH is 1. The number of β-lactam (4-membered cyclic amide) rings is 1. The number of aliphatic carboxylic acids is 1. The molecule has 2 fully saturated rings. The average Bonchev–Trinajstić information content (AvgIpc) is 3.23. The fourth-order valence-electron chi connectivity index (χ4n) is 4.28. The van der Waals surface area contributed by atoms with Crippen LogP contribution >= 0.6 is 23.1 Å². The number of carboxylic acids is 1. The topological polar surface area (TPSA) is 135 Å². The summed E-state index contributed by atoms with van der Waals surface area (Å²) in [5.41, 5.74) is 0.688. The van der Waals surface area contributed by atoms with E-state index in [-0.39, 0.29) is 64.9 Å². The van der Waals surface area contributed by atoms with Crippen LogP contribution in [0.3, 0.4) is 0 Å². The van der Waals surface area contributed by atoms with Gasteiger partial charge in [0.15, 0.2) is 5.13 Å². The molecule has 0 aromatic carbocycles. The molecular weight excluding hydrogens is 467 g/mol. The average molecular weight is 491 g/mol. The first-order valence-corrected chi connectivity index (χ1v) is 11.6. The summed E-state index contributed by atoms with van der Waals surface area (Å²) in [4.78, 5) is 43.9. The number of fused-ring (bicyclic) bond motifs is 1. The molecule has 4 atom stereocenters. The van der Waals surface area contributed by atoms with Crippen molar-refractivity contribution in [3.8, 4) is 0 Å². The van der Waals surface area contributed by atoms with Crippen LogP contribution in [0.2, 0.25) is 0 Å². The number of nitrogens with zero attached hydrogens (tertiary/aromatic N) is 3. The third-order valence-corrected chi connectivity index (χ3v) is 8.25. The van der Waals surface area contributed by atoms with Gasteiger partial charge in [0.2, 0.25) is 5.91 Å². The van der Waals surface area contributed by atoms with Gasteiger partial charge in [-0.3, -0.25) is 4.79 Å². The summed E-state index contributed by atoms with van der Waals surface area (Å²) in [6.45, 7) is 5.12. The van der Waals surface area contributed by atoms with Crippen molar-refractivity contribution in [1.29, 1.82) is 0 Å². The zero-order valence-corrected chi connectivity index (χ0v) is 21.9. The van der Waals surface area contributed by atoms with Crippen LogP contribution in [0.25, 0.3) is 0 Å². The fourth-order valence-corrected chi connectivity index (χ4v) is 6.64. The first kappa shape index (κ1) is 25.3. The molecule has 2 saturated heterocycles. The molecule has 0 spiro atoms. The van der Waals surface area contributed by atoms with Gasteiger partial charge in [0.1, 0.15) is 0 Å². The first-order chi connectivity index (χ1) is 14.7. The number of carbonyl (C=O) groups is 3. The van der Waals surface area contributed by atoms with E-state index < -0.39 is 24.1 Å². The van der Waals surface area contributed by atoms with E-state index in [9.17, 15) is 24.6 Å². The molecule has 0 radical (unpaired) electrons. The van der Waals surface area contributed by atoms with E-state index in [0.717, 1.165) is 10.8 Å². The van der Waals surface area contributed by atoms with Crippen LogP contribution in [-0.4, -0.2) is 70.6 Å². The van der Waals surface area contributed by atoms with E-state index in [2.05, 4.69) is 19.9 Å². The van der Waals surface area contributed by atoms with Crippen LogP contribution in [0, 0.1) is 11.8 Å². The number of hydrogen-bond donors (Lipinski definition) is 2. The van der Waals surface area contributed by atoms with Crippen LogP contribution < -0.4 is 44.9 Å². The molecule has 13 heteroatoms. The summed E-state index contributed by atoms with van der Waals surface area (Å²) >= 11 is 2.94. The largest absolute Gasteiger partial charge is 1.00 e. The molecule has 0 aliphatic carbocycles. The molecule has 2 amide bonds. The number of nitrogens with one attached hydrogen (secondary N) is 1. The molecule has 0 bridgehead atoms. The molecule has 3 aliphatic rings. The van der Waals surface area contributed by atoms with E-state index in [0.29, 0.717) is 18.0 Å². The number of rotatable bonds is 7. The molecular formula is C19H23N4NaO6S2. The summed E-state index contributed by atoms with van der Waals surface area (Å²) < 4.78 is 4.54. The van der Waals surface area contributed by atoms with Crippen molar-refractivity contribution in [2.45, 2.75) is 37.8 Å².